The Morgan fingerprint density at radius 3 is 2.85 bits per heavy atom. The number of aryl methyl sites for hydroxylation is 1. The first kappa shape index (κ1) is 13.0. The summed E-state index contributed by atoms with van der Waals surface area (Å²) in [5.41, 5.74) is 3.01. The lowest BCUT2D eigenvalue weighted by molar-refractivity contribution is 0.156. The largest absolute Gasteiger partial charge is 0.377 e. The number of nitrogens with zero attached hydrogens (tertiary/aromatic N) is 5. The van der Waals surface area contributed by atoms with E-state index in [1.165, 1.54) is 0 Å². The fourth-order valence-corrected chi connectivity index (χ4v) is 2.10. The lowest BCUT2D eigenvalue weighted by Crippen LogP contribution is -2.00. The topological polar surface area (TPSA) is 78.3 Å². The van der Waals surface area contributed by atoms with Crippen molar-refractivity contribution in [3.63, 3.8) is 0 Å². The zero-order chi connectivity index (χ0) is 14.3. The Morgan fingerprint density at radius 2 is 2.10 bits per heavy atom. The molecular formula is C12H12ClN5O2. The molecule has 104 valence electrons. The van der Waals surface area contributed by atoms with Gasteiger partial charge in [0.1, 0.15) is 6.61 Å². The fraction of sp³-hybridized carbons (Fsp3) is 0.333. The first-order valence-corrected chi connectivity index (χ1v) is 6.32. The molecule has 0 amide bonds. The Labute approximate surface area is 119 Å². The van der Waals surface area contributed by atoms with Gasteiger partial charge in [0.2, 0.25) is 5.82 Å². The molecule has 8 heteroatoms. The summed E-state index contributed by atoms with van der Waals surface area (Å²) < 4.78 is 11.7. The van der Waals surface area contributed by atoms with Crippen LogP contribution in [0.25, 0.3) is 17.2 Å². The molecule has 0 radical (unpaired) electrons. The average molecular weight is 294 g/mol. The number of ether oxygens (including phenoxy) is 1. The van der Waals surface area contributed by atoms with Crippen LogP contribution in [0, 0.1) is 13.8 Å². The minimum atomic E-state index is 0.343. The molecule has 0 saturated carbocycles. The Hall–Kier alpha value is -1.99. The van der Waals surface area contributed by atoms with Gasteiger partial charge in [-0.3, -0.25) is 0 Å². The van der Waals surface area contributed by atoms with Crippen LogP contribution >= 0.6 is 11.6 Å². The van der Waals surface area contributed by atoms with Gasteiger partial charge in [0.15, 0.2) is 22.3 Å². The maximum absolute atomic E-state index is 6.11. The monoisotopic (exact) mass is 293 g/mol. The number of halogens is 1. The molecule has 0 aliphatic rings. The van der Waals surface area contributed by atoms with E-state index < -0.39 is 0 Å². The summed E-state index contributed by atoms with van der Waals surface area (Å²) in [6.45, 7) is 4.16. The Bertz CT molecular complexity index is 780. The van der Waals surface area contributed by atoms with E-state index in [4.69, 9.17) is 20.9 Å². The smallest absolute Gasteiger partial charge is 0.207 e. The standard InChI is InChI=1S/C12H12ClN5O2/c1-6-7(2)11-14-15-12(18(11)16-10(6)13)9-4-8(5-19-3)20-17-9/h4H,5H2,1-3H3. The van der Waals surface area contributed by atoms with Gasteiger partial charge in [-0.15, -0.1) is 10.2 Å². The summed E-state index contributed by atoms with van der Waals surface area (Å²) in [4.78, 5) is 0. The van der Waals surface area contributed by atoms with Crippen LogP contribution < -0.4 is 0 Å². The number of fused-ring (bicyclic) bond motifs is 1. The predicted molar refractivity (Wildman–Crippen MR) is 71.5 cm³/mol. The van der Waals surface area contributed by atoms with Crippen molar-refractivity contribution in [3.05, 3.63) is 28.1 Å². The molecule has 0 saturated heterocycles. The first-order chi connectivity index (χ1) is 9.61. The Morgan fingerprint density at radius 1 is 1.30 bits per heavy atom. The summed E-state index contributed by atoms with van der Waals surface area (Å²) in [6, 6.07) is 1.74. The molecule has 0 spiro atoms. The van der Waals surface area contributed by atoms with E-state index in [0.717, 1.165) is 11.1 Å². The van der Waals surface area contributed by atoms with E-state index in [1.54, 1.807) is 17.7 Å². The van der Waals surface area contributed by atoms with Crippen LogP contribution in [0.4, 0.5) is 0 Å². The number of hydrogen-bond donors (Lipinski definition) is 0. The average Bonchev–Trinajstić information content (AvgIpc) is 3.03. The lowest BCUT2D eigenvalue weighted by atomic mass is 10.2. The Balaban J connectivity index is 2.16. The van der Waals surface area contributed by atoms with Gasteiger partial charge in [0.05, 0.1) is 0 Å². The van der Waals surface area contributed by atoms with Gasteiger partial charge >= 0.3 is 0 Å². The predicted octanol–water partition coefficient (Wildman–Crippen LogP) is 2.20. The van der Waals surface area contributed by atoms with E-state index in [1.807, 2.05) is 13.8 Å². The third kappa shape index (κ3) is 1.95. The minimum absolute atomic E-state index is 0.343. The van der Waals surface area contributed by atoms with E-state index in [9.17, 15) is 0 Å². The second-order valence-corrected chi connectivity index (χ2v) is 4.77. The van der Waals surface area contributed by atoms with Gasteiger partial charge in [-0.2, -0.15) is 9.61 Å². The highest BCUT2D eigenvalue weighted by molar-refractivity contribution is 6.30. The van der Waals surface area contributed by atoms with Crippen LogP contribution in [-0.2, 0) is 11.3 Å². The molecule has 0 fully saturated rings. The zero-order valence-corrected chi connectivity index (χ0v) is 12.0. The number of rotatable bonds is 3. The molecule has 0 atom stereocenters. The zero-order valence-electron chi connectivity index (χ0n) is 11.2. The summed E-state index contributed by atoms with van der Waals surface area (Å²) >= 11 is 6.11. The van der Waals surface area contributed by atoms with Crippen LogP contribution in [-0.4, -0.2) is 32.1 Å². The summed E-state index contributed by atoms with van der Waals surface area (Å²) in [5.74, 6) is 1.09. The third-order valence-electron chi connectivity index (χ3n) is 3.11. The van der Waals surface area contributed by atoms with Gasteiger partial charge in [-0.05, 0) is 19.4 Å². The first-order valence-electron chi connectivity index (χ1n) is 5.95. The molecule has 3 rings (SSSR count). The van der Waals surface area contributed by atoms with Crippen LogP contribution in [0.2, 0.25) is 5.15 Å². The molecular weight excluding hydrogens is 282 g/mol. The van der Waals surface area contributed by atoms with Crippen molar-refractivity contribution in [1.29, 1.82) is 0 Å². The Kier molecular flexibility index (Phi) is 3.15. The third-order valence-corrected chi connectivity index (χ3v) is 3.47. The second kappa shape index (κ2) is 4.84. The van der Waals surface area contributed by atoms with Gasteiger partial charge in [-0.25, -0.2) is 0 Å². The quantitative estimate of drug-likeness (QED) is 0.736. The summed E-state index contributed by atoms with van der Waals surface area (Å²) in [5, 5.41) is 16.9. The van der Waals surface area contributed by atoms with Crippen molar-refractivity contribution in [2.75, 3.05) is 7.11 Å². The summed E-state index contributed by atoms with van der Waals surface area (Å²) in [7, 11) is 1.59. The highest BCUT2D eigenvalue weighted by atomic mass is 35.5. The molecule has 3 aromatic heterocycles. The maximum atomic E-state index is 6.11. The maximum Gasteiger partial charge on any atom is 0.207 e. The van der Waals surface area contributed by atoms with Gasteiger partial charge in [-0.1, -0.05) is 16.8 Å². The van der Waals surface area contributed by atoms with Gasteiger partial charge in [0.25, 0.3) is 0 Å². The van der Waals surface area contributed by atoms with Gasteiger partial charge < -0.3 is 9.26 Å². The molecule has 0 aliphatic carbocycles. The minimum Gasteiger partial charge on any atom is -0.377 e. The number of hydrogen-bond acceptors (Lipinski definition) is 6. The normalized spacial score (nSPS) is 11.4. The fourth-order valence-electron chi connectivity index (χ4n) is 1.88. The van der Waals surface area contributed by atoms with Crippen LogP contribution in [0.3, 0.4) is 0 Å². The second-order valence-electron chi connectivity index (χ2n) is 4.41. The van der Waals surface area contributed by atoms with Crippen molar-refractivity contribution in [2.45, 2.75) is 20.5 Å². The van der Waals surface area contributed by atoms with Crippen molar-refractivity contribution >= 4 is 17.2 Å². The number of aromatic nitrogens is 5. The molecule has 20 heavy (non-hydrogen) atoms. The van der Waals surface area contributed by atoms with E-state index in [0.29, 0.717) is 34.7 Å². The molecule has 0 N–H and O–H groups in total. The highest BCUT2D eigenvalue weighted by Gasteiger charge is 2.17. The van der Waals surface area contributed by atoms with Crippen molar-refractivity contribution in [1.82, 2.24) is 25.0 Å². The van der Waals surface area contributed by atoms with E-state index >= 15 is 0 Å². The van der Waals surface area contributed by atoms with E-state index in [-0.39, 0.29) is 0 Å². The lowest BCUT2D eigenvalue weighted by Gasteiger charge is -2.03. The molecule has 0 bridgehead atoms. The van der Waals surface area contributed by atoms with Crippen molar-refractivity contribution < 1.29 is 9.26 Å². The van der Waals surface area contributed by atoms with E-state index in [2.05, 4.69) is 20.5 Å². The molecule has 3 aromatic rings. The van der Waals surface area contributed by atoms with Crippen LogP contribution in [0.15, 0.2) is 10.6 Å². The number of methoxy groups -OCH3 is 1. The van der Waals surface area contributed by atoms with Gasteiger partial charge in [0, 0.05) is 18.7 Å². The molecule has 0 aliphatic heterocycles. The molecule has 0 aromatic carbocycles. The molecule has 3 heterocycles. The highest BCUT2D eigenvalue weighted by Crippen LogP contribution is 2.23. The summed E-state index contributed by atoms with van der Waals surface area (Å²) in [6.07, 6.45) is 0. The van der Waals surface area contributed by atoms with Crippen molar-refractivity contribution in [3.8, 4) is 11.5 Å². The molecule has 7 nitrogen and oxygen atoms in total. The SMILES string of the molecule is COCc1cc(-c2nnc3c(C)c(C)c(Cl)nn23)no1. The van der Waals surface area contributed by atoms with Crippen LogP contribution in [0.5, 0.6) is 0 Å². The molecule has 0 unspecified atom stereocenters. The van der Waals surface area contributed by atoms with Crippen LogP contribution in [0.1, 0.15) is 16.9 Å². The van der Waals surface area contributed by atoms with Crippen molar-refractivity contribution in [2.24, 2.45) is 0 Å².